The summed E-state index contributed by atoms with van der Waals surface area (Å²) in [5.74, 6) is 0.276. The lowest BCUT2D eigenvalue weighted by molar-refractivity contribution is 0.804. The van der Waals surface area contributed by atoms with Crippen molar-refractivity contribution in [2.75, 3.05) is 6.54 Å². The van der Waals surface area contributed by atoms with E-state index >= 15 is 0 Å². The summed E-state index contributed by atoms with van der Waals surface area (Å²) in [6, 6.07) is 10.5. The topological polar surface area (TPSA) is 26.0 Å². The summed E-state index contributed by atoms with van der Waals surface area (Å²) in [4.78, 5) is 0. The molecule has 0 spiro atoms. The van der Waals surface area contributed by atoms with Gasteiger partial charge in [0.15, 0.2) is 0 Å². The summed E-state index contributed by atoms with van der Waals surface area (Å²) in [6.45, 7) is 9.33. The Hall–Kier alpha value is -2.82. The molecule has 1 aromatic rings. The van der Waals surface area contributed by atoms with E-state index in [4.69, 9.17) is 5.73 Å². The number of rotatable bonds is 5. The lowest BCUT2D eigenvalue weighted by atomic mass is 9.90. The molecular formula is C25H27N. The van der Waals surface area contributed by atoms with Crippen LogP contribution in [-0.4, -0.2) is 6.54 Å². The second-order valence-electron chi connectivity index (χ2n) is 6.18. The lowest BCUT2D eigenvalue weighted by Gasteiger charge is -2.14. The van der Waals surface area contributed by atoms with Crippen molar-refractivity contribution in [2.45, 2.75) is 20.3 Å². The Morgan fingerprint density at radius 3 is 2.50 bits per heavy atom. The molecule has 0 amide bonds. The molecule has 0 aromatic heterocycles. The van der Waals surface area contributed by atoms with E-state index in [9.17, 15) is 0 Å². The number of fused-ring (bicyclic) bond motifs is 1. The van der Waals surface area contributed by atoms with Crippen LogP contribution in [-0.2, 0) is 0 Å². The Balaban J connectivity index is 0.00000117. The Kier molecular flexibility index (Phi) is 6.78. The highest BCUT2D eigenvalue weighted by Gasteiger charge is 2.34. The van der Waals surface area contributed by atoms with Gasteiger partial charge in [-0.15, -0.1) is 12.8 Å². The van der Waals surface area contributed by atoms with Crippen LogP contribution < -0.4 is 5.73 Å². The Morgan fingerprint density at radius 1 is 1.23 bits per heavy atom. The summed E-state index contributed by atoms with van der Waals surface area (Å²) in [5, 5.41) is 0. The van der Waals surface area contributed by atoms with E-state index in [1.54, 1.807) is 0 Å². The van der Waals surface area contributed by atoms with Crippen molar-refractivity contribution in [1.29, 1.82) is 0 Å². The maximum Gasteiger partial charge on any atom is 0.0157 e. The highest BCUT2D eigenvalue weighted by Crippen LogP contribution is 2.50. The largest absolute Gasteiger partial charge is 0.330 e. The first-order chi connectivity index (χ1) is 12.7. The van der Waals surface area contributed by atoms with Crippen LogP contribution in [0.25, 0.3) is 5.57 Å². The van der Waals surface area contributed by atoms with Gasteiger partial charge in [0.2, 0.25) is 0 Å². The van der Waals surface area contributed by atoms with Crippen LogP contribution in [0.3, 0.4) is 0 Å². The van der Waals surface area contributed by atoms with Gasteiger partial charge in [-0.25, -0.2) is 0 Å². The molecule has 0 fully saturated rings. The first-order valence-corrected chi connectivity index (χ1v) is 9.01. The van der Waals surface area contributed by atoms with E-state index in [0.29, 0.717) is 6.54 Å². The number of benzene rings is 1. The van der Waals surface area contributed by atoms with Gasteiger partial charge in [0.1, 0.15) is 0 Å². The quantitative estimate of drug-likeness (QED) is 0.546. The van der Waals surface area contributed by atoms with E-state index in [1.807, 2.05) is 0 Å². The first kappa shape index (κ1) is 19.5. The van der Waals surface area contributed by atoms with Crippen LogP contribution in [0, 0.1) is 18.8 Å². The maximum absolute atomic E-state index is 6.04. The van der Waals surface area contributed by atoms with Crippen LogP contribution >= 0.6 is 0 Å². The standard InChI is InChI=1S/C23H25N.C2H2/c1-4-6-10-17(5-2)21-16(3)22(18-11-8-7-9-12-18)23-19(15-24)13-14-20(21)23;1-2/h5-14,19H,3-4,15,24H2,1-2H3;1-2H/b10-6-,17-5+;. The Morgan fingerprint density at radius 2 is 1.92 bits per heavy atom. The highest BCUT2D eigenvalue weighted by molar-refractivity contribution is 5.97. The molecule has 26 heavy (non-hydrogen) atoms. The van der Waals surface area contributed by atoms with Crippen molar-refractivity contribution < 1.29 is 0 Å². The number of allylic oxidation sites excluding steroid dienone is 9. The predicted molar refractivity (Wildman–Crippen MR) is 114 cm³/mol. The molecule has 1 nitrogen and oxygen atoms in total. The van der Waals surface area contributed by atoms with Crippen molar-refractivity contribution in [1.82, 2.24) is 0 Å². The van der Waals surface area contributed by atoms with Crippen molar-refractivity contribution in [3.63, 3.8) is 0 Å². The molecule has 0 bridgehead atoms. The third kappa shape index (κ3) is 3.43. The minimum absolute atomic E-state index is 0.276. The highest BCUT2D eigenvalue weighted by atomic mass is 14.6. The van der Waals surface area contributed by atoms with Crippen molar-refractivity contribution in [2.24, 2.45) is 11.7 Å². The van der Waals surface area contributed by atoms with Crippen LogP contribution in [0.5, 0.6) is 0 Å². The molecule has 0 saturated heterocycles. The van der Waals surface area contributed by atoms with E-state index in [1.165, 1.54) is 33.4 Å². The SMILES string of the molecule is C#C.C=C1C(C(/C=C\CC)=C/C)=C2C=CC(CN)C2=C1c1ccccc1. The van der Waals surface area contributed by atoms with Crippen molar-refractivity contribution in [3.8, 4) is 12.8 Å². The Bertz CT molecular complexity index is 839. The van der Waals surface area contributed by atoms with E-state index < -0.39 is 0 Å². The van der Waals surface area contributed by atoms with Gasteiger partial charge in [0, 0.05) is 12.5 Å². The van der Waals surface area contributed by atoms with Crippen LogP contribution in [0.4, 0.5) is 0 Å². The third-order valence-electron chi connectivity index (χ3n) is 4.75. The molecule has 1 atom stereocenters. The van der Waals surface area contributed by atoms with Crippen molar-refractivity contribution in [3.05, 3.63) is 101 Å². The molecule has 0 heterocycles. The molecule has 0 radical (unpaired) electrons. The zero-order valence-electron chi connectivity index (χ0n) is 15.7. The van der Waals surface area contributed by atoms with Gasteiger partial charge in [-0.3, -0.25) is 0 Å². The zero-order valence-corrected chi connectivity index (χ0v) is 15.7. The fourth-order valence-electron chi connectivity index (χ4n) is 3.62. The molecule has 1 heteroatoms. The number of terminal acetylenes is 1. The summed E-state index contributed by atoms with van der Waals surface area (Å²) >= 11 is 0. The molecule has 3 rings (SSSR count). The van der Waals surface area contributed by atoms with Gasteiger partial charge in [-0.1, -0.05) is 74.2 Å². The summed E-state index contributed by atoms with van der Waals surface area (Å²) in [5.41, 5.74) is 14.8. The van der Waals surface area contributed by atoms with Gasteiger partial charge >= 0.3 is 0 Å². The van der Waals surface area contributed by atoms with Gasteiger partial charge in [-0.2, -0.15) is 0 Å². The molecule has 1 unspecified atom stereocenters. The van der Waals surface area contributed by atoms with Crippen LogP contribution in [0.1, 0.15) is 25.8 Å². The van der Waals surface area contributed by atoms with Gasteiger partial charge in [0.25, 0.3) is 0 Å². The van der Waals surface area contributed by atoms with Crippen LogP contribution in [0.2, 0.25) is 0 Å². The number of hydrogen-bond donors (Lipinski definition) is 1. The van der Waals surface area contributed by atoms with Crippen molar-refractivity contribution >= 4 is 5.57 Å². The average molecular weight is 341 g/mol. The molecule has 2 aliphatic rings. The molecule has 0 saturated carbocycles. The fraction of sp³-hybridized carbons (Fsp3) is 0.200. The molecule has 2 N–H and O–H groups in total. The minimum Gasteiger partial charge on any atom is -0.330 e. The van der Waals surface area contributed by atoms with Gasteiger partial charge < -0.3 is 5.73 Å². The molecule has 0 aliphatic heterocycles. The number of hydrogen-bond acceptors (Lipinski definition) is 1. The predicted octanol–water partition coefficient (Wildman–Crippen LogP) is 5.61. The normalized spacial score (nSPS) is 19.2. The second-order valence-corrected chi connectivity index (χ2v) is 6.18. The van der Waals surface area contributed by atoms with Gasteiger partial charge in [0.05, 0.1) is 0 Å². The first-order valence-electron chi connectivity index (χ1n) is 9.01. The van der Waals surface area contributed by atoms with Gasteiger partial charge in [-0.05, 0) is 52.3 Å². The molecule has 1 aromatic carbocycles. The molecular weight excluding hydrogens is 314 g/mol. The average Bonchev–Trinajstić information content (AvgIpc) is 3.22. The Labute approximate surface area is 158 Å². The van der Waals surface area contributed by atoms with Crippen LogP contribution in [0.15, 0.2) is 95.2 Å². The fourth-order valence-corrected chi connectivity index (χ4v) is 3.62. The lowest BCUT2D eigenvalue weighted by Crippen LogP contribution is -2.12. The monoisotopic (exact) mass is 341 g/mol. The zero-order chi connectivity index (χ0) is 19.1. The smallest absolute Gasteiger partial charge is 0.0157 e. The second kappa shape index (κ2) is 9.04. The molecule has 132 valence electrons. The number of nitrogens with two attached hydrogens (primary N) is 1. The summed E-state index contributed by atoms with van der Waals surface area (Å²) < 4.78 is 0. The van der Waals surface area contributed by atoms with E-state index in [-0.39, 0.29) is 5.92 Å². The van der Waals surface area contributed by atoms with E-state index in [0.717, 1.165) is 12.0 Å². The summed E-state index contributed by atoms with van der Waals surface area (Å²) in [6.07, 6.45) is 20.1. The summed E-state index contributed by atoms with van der Waals surface area (Å²) in [7, 11) is 0. The minimum atomic E-state index is 0.276. The maximum atomic E-state index is 6.04. The van der Waals surface area contributed by atoms with E-state index in [2.05, 4.69) is 94.0 Å². The third-order valence-corrected chi connectivity index (χ3v) is 4.75. The molecule has 2 aliphatic carbocycles.